The van der Waals surface area contributed by atoms with Crippen LogP contribution >= 0.6 is 0 Å². The minimum Gasteiger partial charge on any atom is -0.491 e. The van der Waals surface area contributed by atoms with Gasteiger partial charge in [0.15, 0.2) is 0 Å². The molecular weight excluding hydrogens is 378 g/mol. The number of hydrogen-bond donors (Lipinski definition) is 3. The van der Waals surface area contributed by atoms with Crippen molar-refractivity contribution in [1.82, 2.24) is 15.1 Å². The summed E-state index contributed by atoms with van der Waals surface area (Å²) in [6.45, 7) is 0.552. The number of imide groups is 1. The molecule has 2 unspecified atom stereocenters. The average molecular weight is 404 g/mol. The van der Waals surface area contributed by atoms with Crippen LogP contribution in [0.1, 0.15) is 6.42 Å². The van der Waals surface area contributed by atoms with E-state index in [0.29, 0.717) is 30.5 Å². The van der Waals surface area contributed by atoms with E-state index in [1.165, 1.54) is 11.9 Å². The topological polar surface area (TPSA) is 118 Å². The lowest BCUT2D eigenvalue weighted by molar-refractivity contribution is -0.545. The summed E-state index contributed by atoms with van der Waals surface area (Å²) in [5, 5.41) is 22.6. The lowest BCUT2D eigenvalue weighted by atomic mass is 10.1. The fourth-order valence-corrected chi connectivity index (χ4v) is 3.20. The van der Waals surface area contributed by atoms with Crippen molar-refractivity contribution in [3.05, 3.63) is 30.3 Å². The zero-order valence-corrected chi connectivity index (χ0v) is 16.5. The van der Waals surface area contributed by atoms with E-state index in [4.69, 9.17) is 9.84 Å². The Kier molecular flexibility index (Phi) is 6.45. The summed E-state index contributed by atoms with van der Waals surface area (Å²) in [5.41, 5.74) is 0. The van der Waals surface area contributed by atoms with Crippen molar-refractivity contribution in [3.63, 3.8) is 0 Å². The van der Waals surface area contributed by atoms with Gasteiger partial charge in [0.25, 0.3) is 5.91 Å². The Bertz CT molecular complexity index is 826. The second kappa shape index (κ2) is 9.01. The maximum Gasteiger partial charge on any atom is 0.390 e. The van der Waals surface area contributed by atoms with Gasteiger partial charge in [-0.2, -0.15) is 0 Å². The molecule has 10 nitrogen and oxygen atoms in total. The first-order valence-electron chi connectivity index (χ1n) is 9.42. The van der Waals surface area contributed by atoms with Crippen molar-refractivity contribution >= 4 is 23.7 Å². The number of ether oxygens (including phenoxy) is 1. The van der Waals surface area contributed by atoms with Gasteiger partial charge in [-0.1, -0.05) is 23.2 Å². The number of aliphatic hydroxyl groups is 2. The summed E-state index contributed by atoms with van der Waals surface area (Å²) in [6, 6.07) is 7.84. The van der Waals surface area contributed by atoms with Crippen LogP contribution in [0.4, 0.5) is 4.79 Å². The third kappa shape index (κ3) is 4.38. The zero-order chi connectivity index (χ0) is 21.0. The lowest BCUT2D eigenvalue weighted by Crippen LogP contribution is -2.62. The van der Waals surface area contributed by atoms with Crippen molar-refractivity contribution in [1.29, 1.82) is 0 Å². The molecule has 0 aromatic heterocycles. The number of guanidine groups is 1. The van der Waals surface area contributed by atoms with Crippen LogP contribution in [-0.4, -0.2) is 101 Å². The predicted molar refractivity (Wildman–Crippen MR) is 105 cm³/mol. The zero-order valence-electron chi connectivity index (χ0n) is 16.5. The summed E-state index contributed by atoms with van der Waals surface area (Å²) in [7, 11) is 2.98. The third-order valence-corrected chi connectivity index (χ3v) is 4.74. The highest BCUT2D eigenvalue weighted by Gasteiger charge is 2.51. The fraction of sp³-hybridized carbons (Fsp3) is 0.474. The number of aliphatic imine (C=N–C) groups is 1. The summed E-state index contributed by atoms with van der Waals surface area (Å²) < 4.78 is 7.23. The Labute approximate surface area is 168 Å². The van der Waals surface area contributed by atoms with Crippen LogP contribution in [-0.2, 0) is 4.79 Å². The number of urea groups is 1. The number of carbonyl (C=O) groups is 2. The maximum absolute atomic E-state index is 12.8. The molecule has 2 aliphatic heterocycles. The number of nitrogens with one attached hydrogen (secondary N) is 1. The SMILES string of the molecule is CN1C(=O)C2C(=NC(NCCCO)=[N+]2CC(O)COc2ccccc2)N(C)C1=O. The Balaban J connectivity index is 1.77. The number of aliphatic hydroxyl groups excluding tert-OH is 2. The Morgan fingerprint density at radius 2 is 1.97 bits per heavy atom. The number of para-hydroxylation sites is 1. The van der Waals surface area contributed by atoms with E-state index in [1.54, 1.807) is 23.8 Å². The minimum absolute atomic E-state index is 0.00782. The molecule has 0 bridgehead atoms. The van der Waals surface area contributed by atoms with E-state index in [-0.39, 0.29) is 19.8 Å². The van der Waals surface area contributed by atoms with E-state index in [2.05, 4.69) is 10.3 Å². The van der Waals surface area contributed by atoms with Crippen molar-refractivity contribution in [3.8, 4) is 5.75 Å². The molecule has 3 rings (SSSR count). The second-order valence-electron chi connectivity index (χ2n) is 6.87. The standard InChI is InChI=1S/C19H25N5O5/c1-22-16-15(17(27)23(2)19(22)28)24(18(21-16)20-9-6-10-25)11-13(26)12-29-14-7-4-3-5-8-14/h3-5,7-8,13,15,25-26H,6,9-12H2,1-2H3/p+1. The molecule has 2 atom stereocenters. The van der Waals surface area contributed by atoms with Crippen molar-refractivity contribution in [2.75, 3.05) is 40.4 Å². The van der Waals surface area contributed by atoms with Crippen LogP contribution in [0.15, 0.2) is 35.3 Å². The highest BCUT2D eigenvalue weighted by molar-refractivity contribution is 6.22. The largest absolute Gasteiger partial charge is 0.491 e. The van der Waals surface area contributed by atoms with Gasteiger partial charge < -0.3 is 14.9 Å². The van der Waals surface area contributed by atoms with E-state index >= 15 is 0 Å². The summed E-state index contributed by atoms with van der Waals surface area (Å²) in [6.07, 6.45) is -0.407. The normalized spacial score (nSPS) is 20.0. The molecule has 2 heterocycles. The second-order valence-corrected chi connectivity index (χ2v) is 6.87. The highest BCUT2D eigenvalue weighted by atomic mass is 16.5. The summed E-state index contributed by atoms with van der Waals surface area (Å²) >= 11 is 0. The number of rotatable bonds is 8. The van der Waals surface area contributed by atoms with Gasteiger partial charge in [-0.15, -0.1) is 0 Å². The van der Waals surface area contributed by atoms with Gasteiger partial charge in [0.05, 0.1) is 13.1 Å². The monoisotopic (exact) mass is 404 g/mol. The Morgan fingerprint density at radius 1 is 1.24 bits per heavy atom. The molecule has 0 spiro atoms. The van der Waals surface area contributed by atoms with E-state index in [0.717, 1.165) is 4.90 Å². The van der Waals surface area contributed by atoms with Gasteiger partial charge >= 0.3 is 12.0 Å². The quantitative estimate of drug-likeness (QED) is 0.381. The molecular formula is C19H26N5O5+. The molecule has 1 aromatic carbocycles. The molecule has 3 N–H and O–H groups in total. The molecule has 3 amide bonds. The molecule has 10 heteroatoms. The van der Waals surface area contributed by atoms with Crippen LogP contribution < -0.4 is 10.1 Å². The molecule has 0 saturated carbocycles. The first-order chi connectivity index (χ1) is 13.9. The number of amides is 3. The van der Waals surface area contributed by atoms with E-state index in [1.807, 2.05) is 18.2 Å². The van der Waals surface area contributed by atoms with Crippen LogP contribution in [0, 0.1) is 0 Å². The van der Waals surface area contributed by atoms with Crippen molar-refractivity contribution in [2.45, 2.75) is 18.6 Å². The fourth-order valence-electron chi connectivity index (χ4n) is 3.20. The van der Waals surface area contributed by atoms with E-state index in [9.17, 15) is 14.7 Å². The van der Waals surface area contributed by atoms with Gasteiger partial charge in [0, 0.05) is 27.1 Å². The first-order valence-corrected chi connectivity index (χ1v) is 9.42. The smallest absolute Gasteiger partial charge is 0.390 e. The summed E-state index contributed by atoms with van der Waals surface area (Å²) in [5.74, 6) is 0.900. The van der Waals surface area contributed by atoms with Crippen LogP contribution in [0.25, 0.3) is 0 Å². The van der Waals surface area contributed by atoms with Crippen molar-refractivity contribution in [2.24, 2.45) is 4.99 Å². The molecule has 0 aliphatic carbocycles. The van der Waals surface area contributed by atoms with Crippen LogP contribution in [0.5, 0.6) is 5.75 Å². The molecule has 0 radical (unpaired) electrons. The van der Waals surface area contributed by atoms with Gasteiger partial charge in [-0.05, 0) is 12.1 Å². The average Bonchev–Trinajstić information content (AvgIpc) is 3.08. The van der Waals surface area contributed by atoms with E-state index < -0.39 is 24.1 Å². The molecule has 1 aromatic rings. The van der Waals surface area contributed by atoms with Crippen LogP contribution in [0.3, 0.4) is 0 Å². The van der Waals surface area contributed by atoms with Gasteiger partial charge in [0.2, 0.25) is 11.9 Å². The molecule has 29 heavy (non-hydrogen) atoms. The van der Waals surface area contributed by atoms with Gasteiger partial charge in [-0.25, -0.2) is 9.37 Å². The Morgan fingerprint density at radius 3 is 2.66 bits per heavy atom. The number of likely N-dealkylation sites (N-methyl/N-ethyl adjacent to an activating group) is 2. The highest BCUT2D eigenvalue weighted by Crippen LogP contribution is 2.19. The number of carbonyl (C=O) groups excluding carboxylic acids is 2. The predicted octanol–water partition coefficient (Wildman–Crippen LogP) is -0.929. The molecule has 1 fully saturated rings. The number of fused-ring (bicyclic) bond motifs is 1. The number of amidine groups is 1. The first kappa shape index (κ1) is 20.7. The number of nitrogens with zero attached hydrogens (tertiary/aromatic N) is 4. The van der Waals surface area contributed by atoms with Crippen LogP contribution in [0.2, 0.25) is 0 Å². The number of benzene rings is 1. The molecule has 2 aliphatic rings. The van der Waals surface area contributed by atoms with Gasteiger partial charge in [0.1, 0.15) is 18.5 Å². The lowest BCUT2D eigenvalue weighted by Gasteiger charge is -2.32. The maximum atomic E-state index is 12.8. The third-order valence-electron chi connectivity index (χ3n) is 4.74. The van der Waals surface area contributed by atoms with Crippen molar-refractivity contribution < 1.29 is 29.1 Å². The number of β-amino-alcohol motifs (C(OH)–C–C–N with tert-alkyl or cyclic N) is 1. The minimum atomic E-state index is -0.902. The molecule has 1 saturated heterocycles. The molecule has 156 valence electrons. The summed E-state index contributed by atoms with van der Waals surface area (Å²) in [4.78, 5) is 31.8. The number of hydrogen-bond acceptors (Lipinski definition) is 7. The van der Waals surface area contributed by atoms with Gasteiger partial charge in [-0.3, -0.25) is 19.9 Å². The Hall–Kier alpha value is -2.98.